The lowest BCUT2D eigenvalue weighted by molar-refractivity contribution is 0.669. The van der Waals surface area contributed by atoms with Crippen molar-refractivity contribution in [2.45, 2.75) is 0 Å². The Morgan fingerprint density at radius 3 is 1.41 bits per heavy atom. The number of rotatable bonds is 5. The molecule has 0 radical (unpaired) electrons. The van der Waals surface area contributed by atoms with Crippen molar-refractivity contribution in [3.63, 3.8) is 0 Å². The van der Waals surface area contributed by atoms with E-state index in [9.17, 15) is 0 Å². The zero-order chi connectivity index (χ0) is 45.9. The summed E-state index contributed by atoms with van der Waals surface area (Å²) in [5.41, 5.74) is 15.3. The number of fused-ring (bicyclic) bond motifs is 11. The van der Waals surface area contributed by atoms with Crippen LogP contribution in [-0.4, -0.2) is 0 Å². The van der Waals surface area contributed by atoms with Crippen LogP contribution in [0.2, 0.25) is 0 Å². The third-order valence-corrected chi connectivity index (χ3v) is 14.8. The van der Waals surface area contributed by atoms with Crippen LogP contribution in [0.4, 0.5) is 0 Å². The zero-order valence-corrected chi connectivity index (χ0v) is 37.9. The third-order valence-electron chi connectivity index (χ3n) is 14.8. The lowest BCUT2D eigenvalue weighted by atomic mass is 9.82. The topological polar surface area (TPSA) is 26.3 Å². The minimum atomic E-state index is 0.888. The van der Waals surface area contributed by atoms with Crippen molar-refractivity contribution < 1.29 is 8.83 Å². The molecular weight excluding hydrogens is 849 g/mol. The first-order chi connectivity index (χ1) is 34.7. The number of hydrogen-bond acceptors (Lipinski definition) is 2. The molecule has 70 heavy (non-hydrogen) atoms. The monoisotopic (exact) mass is 888 g/mol. The van der Waals surface area contributed by atoms with E-state index in [4.69, 9.17) is 8.83 Å². The average Bonchev–Trinajstić information content (AvgIpc) is 4.01. The van der Waals surface area contributed by atoms with Gasteiger partial charge in [0.2, 0.25) is 0 Å². The average molecular weight is 889 g/mol. The van der Waals surface area contributed by atoms with E-state index in [0.717, 1.165) is 66.1 Å². The molecular formula is C68H40O2. The van der Waals surface area contributed by atoms with Crippen molar-refractivity contribution in [3.05, 3.63) is 243 Å². The lowest BCUT2D eigenvalue weighted by Gasteiger charge is -2.20. The second-order valence-electron chi connectivity index (χ2n) is 18.6. The van der Waals surface area contributed by atoms with Crippen molar-refractivity contribution in [1.29, 1.82) is 0 Å². The van der Waals surface area contributed by atoms with Gasteiger partial charge < -0.3 is 8.83 Å². The van der Waals surface area contributed by atoms with E-state index in [1.165, 1.54) is 87.2 Å². The predicted molar refractivity (Wildman–Crippen MR) is 296 cm³/mol. The van der Waals surface area contributed by atoms with Crippen LogP contribution in [-0.2, 0) is 0 Å². The van der Waals surface area contributed by atoms with Crippen molar-refractivity contribution in [2.24, 2.45) is 0 Å². The molecule has 15 rings (SSSR count). The summed E-state index contributed by atoms with van der Waals surface area (Å²) in [6.07, 6.45) is 0. The molecule has 0 amide bonds. The van der Waals surface area contributed by atoms with Crippen molar-refractivity contribution in [3.8, 4) is 55.6 Å². The summed E-state index contributed by atoms with van der Waals surface area (Å²) in [4.78, 5) is 0. The first kappa shape index (κ1) is 38.8. The highest BCUT2D eigenvalue weighted by molar-refractivity contribution is 6.28. The number of benzene rings is 13. The van der Waals surface area contributed by atoms with Gasteiger partial charge in [-0.25, -0.2) is 0 Å². The van der Waals surface area contributed by atoms with Gasteiger partial charge in [-0.15, -0.1) is 0 Å². The summed E-state index contributed by atoms with van der Waals surface area (Å²) in [5, 5.41) is 16.5. The van der Waals surface area contributed by atoms with Crippen LogP contribution >= 0.6 is 0 Å². The van der Waals surface area contributed by atoms with Crippen molar-refractivity contribution in [2.75, 3.05) is 0 Å². The van der Waals surface area contributed by atoms with Crippen LogP contribution in [0.15, 0.2) is 251 Å². The smallest absolute Gasteiger partial charge is 0.143 e. The second kappa shape index (κ2) is 15.1. The molecule has 2 aromatic heterocycles. The van der Waals surface area contributed by atoms with Crippen LogP contribution in [0, 0.1) is 0 Å². The predicted octanol–water partition coefficient (Wildman–Crippen LogP) is 19.6. The van der Waals surface area contributed by atoms with Gasteiger partial charge in [0.15, 0.2) is 0 Å². The molecule has 13 aromatic carbocycles. The normalized spacial score (nSPS) is 12.0. The van der Waals surface area contributed by atoms with Crippen LogP contribution < -0.4 is 0 Å². The molecule has 0 saturated carbocycles. The highest BCUT2D eigenvalue weighted by Crippen LogP contribution is 2.50. The maximum Gasteiger partial charge on any atom is 0.143 e. The summed E-state index contributed by atoms with van der Waals surface area (Å²) in [6.45, 7) is 0. The quantitative estimate of drug-likeness (QED) is 0.161. The fraction of sp³-hybridized carbons (Fsp3) is 0. The van der Waals surface area contributed by atoms with E-state index in [2.05, 4.69) is 243 Å². The molecule has 0 atom stereocenters. The molecule has 0 aliphatic rings. The molecule has 324 valence electrons. The standard InChI is InChI=1S/C68H40O2/c1-2-17-42(18-3-1)63-48-21-6-9-24-51(48)66(57-28-14-26-54-47-20-10-12-29-60(47)70-68(54)57)59-40-45(34-36-52(59)63)44-35-37-53-58(39-44)64(46-33-32-41-16-4-5-19-43(41)38-46)49-22-7-8-23-50(49)65(53)56-27-15-31-62-67(56)55-25-11-13-30-61(55)69-62/h1-40H. The maximum atomic E-state index is 6.82. The Hall–Kier alpha value is -9.24. The number of hydrogen-bond donors (Lipinski definition) is 0. The molecule has 2 heterocycles. The minimum absolute atomic E-state index is 0.888. The Kier molecular flexibility index (Phi) is 8.39. The summed E-state index contributed by atoms with van der Waals surface area (Å²) in [6, 6.07) is 88.5. The van der Waals surface area contributed by atoms with Gasteiger partial charge in [-0.3, -0.25) is 0 Å². The Balaban J connectivity index is 1.05. The van der Waals surface area contributed by atoms with Crippen LogP contribution in [0.3, 0.4) is 0 Å². The van der Waals surface area contributed by atoms with E-state index in [1.807, 2.05) is 0 Å². The first-order valence-corrected chi connectivity index (χ1v) is 24.1. The van der Waals surface area contributed by atoms with Gasteiger partial charge in [-0.05, 0) is 135 Å². The van der Waals surface area contributed by atoms with Gasteiger partial charge in [-0.2, -0.15) is 0 Å². The molecule has 0 fully saturated rings. The maximum absolute atomic E-state index is 6.82. The van der Waals surface area contributed by atoms with Gasteiger partial charge in [0, 0.05) is 32.7 Å². The SMILES string of the molecule is c1ccc(-c2c3ccccc3c(-c3cccc4c3oc3ccccc34)c3cc(-c4ccc5c(-c6cccc7oc8ccccc8c67)c6ccccc6c(-c6ccc7ccccc7c6)c5c4)ccc23)cc1. The minimum Gasteiger partial charge on any atom is -0.456 e. The molecule has 15 aromatic rings. The molecule has 0 aliphatic carbocycles. The Labute approximate surface area is 402 Å². The van der Waals surface area contributed by atoms with Gasteiger partial charge in [-0.1, -0.05) is 206 Å². The third kappa shape index (κ3) is 5.74. The van der Waals surface area contributed by atoms with Crippen molar-refractivity contribution >= 4 is 97.7 Å². The molecule has 0 N–H and O–H groups in total. The Morgan fingerprint density at radius 1 is 0.214 bits per heavy atom. The summed E-state index contributed by atoms with van der Waals surface area (Å²) < 4.78 is 13.3. The van der Waals surface area contributed by atoms with Crippen LogP contribution in [0.25, 0.3) is 153 Å². The highest BCUT2D eigenvalue weighted by atomic mass is 16.3. The largest absolute Gasteiger partial charge is 0.456 e. The fourth-order valence-corrected chi connectivity index (χ4v) is 11.8. The van der Waals surface area contributed by atoms with Crippen LogP contribution in [0.1, 0.15) is 0 Å². The van der Waals surface area contributed by atoms with Gasteiger partial charge >= 0.3 is 0 Å². The molecule has 0 unspecified atom stereocenters. The van der Waals surface area contributed by atoms with E-state index >= 15 is 0 Å². The summed E-state index contributed by atoms with van der Waals surface area (Å²) >= 11 is 0. The van der Waals surface area contributed by atoms with Gasteiger partial charge in [0.05, 0.1) is 0 Å². The summed E-state index contributed by atoms with van der Waals surface area (Å²) in [5.74, 6) is 0. The van der Waals surface area contributed by atoms with Crippen molar-refractivity contribution in [1.82, 2.24) is 0 Å². The number of para-hydroxylation sites is 3. The first-order valence-electron chi connectivity index (χ1n) is 24.1. The molecule has 0 aliphatic heterocycles. The van der Waals surface area contributed by atoms with Crippen LogP contribution in [0.5, 0.6) is 0 Å². The fourth-order valence-electron chi connectivity index (χ4n) is 11.8. The summed E-state index contributed by atoms with van der Waals surface area (Å²) in [7, 11) is 0. The second-order valence-corrected chi connectivity index (χ2v) is 18.6. The molecule has 0 bridgehead atoms. The molecule has 2 nitrogen and oxygen atoms in total. The van der Waals surface area contributed by atoms with E-state index in [1.54, 1.807) is 0 Å². The van der Waals surface area contributed by atoms with Gasteiger partial charge in [0.25, 0.3) is 0 Å². The zero-order valence-electron chi connectivity index (χ0n) is 37.9. The Morgan fingerprint density at radius 2 is 0.686 bits per heavy atom. The molecule has 0 saturated heterocycles. The molecule has 2 heteroatoms. The van der Waals surface area contributed by atoms with E-state index in [-0.39, 0.29) is 0 Å². The number of furan rings is 2. The van der Waals surface area contributed by atoms with Gasteiger partial charge in [0.1, 0.15) is 22.3 Å². The van der Waals surface area contributed by atoms with E-state index < -0.39 is 0 Å². The lowest BCUT2D eigenvalue weighted by Crippen LogP contribution is -1.93. The highest BCUT2D eigenvalue weighted by Gasteiger charge is 2.24. The van der Waals surface area contributed by atoms with E-state index in [0.29, 0.717) is 0 Å². The Bertz CT molecular complexity index is 4650. The molecule has 0 spiro atoms.